The SMILES string of the molecule is C1=CC2=C(CC1)N(C1=CC(c3ccccc3)=NC(c3ccccc3)N1)c1ccccc1-n1c2c(-c2ccccc2)c2ccccc21. The first-order valence-corrected chi connectivity index (χ1v) is 16.0. The second-order valence-electron chi connectivity index (χ2n) is 11.9. The Morgan fingerprint density at radius 1 is 0.652 bits per heavy atom. The summed E-state index contributed by atoms with van der Waals surface area (Å²) in [6.07, 6.45) is 8.58. The fourth-order valence-corrected chi connectivity index (χ4v) is 7.21. The van der Waals surface area contributed by atoms with Crippen molar-refractivity contribution in [1.82, 2.24) is 9.88 Å². The Kier molecular flexibility index (Phi) is 6.31. The number of aromatic nitrogens is 1. The third-order valence-corrected chi connectivity index (χ3v) is 9.22. The average Bonchev–Trinajstić information content (AvgIpc) is 3.42. The Morgan fingerprint density at radius 2 is 1.30 bits per heavy atom. The minimum absolute atomic E-state index is 0.227. The van der Waals surface area contributed by atoms with Crippen LogP contribution in [0, 0.1) is 0 Å². The molecule has 0 bridgehead atoms. The van der Waals surface area contributed by atoms with Crippen LogP contribution in [0.3, 0.4) is 0 Å². The van der Waals surface area contributed by atoms with Gasteiger partial charge in [-0.1, -0.05) is 133 Å². The van der Waals surface area contributed by atoms with Crippen molar-refractivity contribution >= 4 is 27.9 Å². The first-order chi connectivity index (χ1) is 22.8. The molecule has 4 heteroatoms. The lowest BCUT2D eigenvalue weighted by atomic mass is 9.93. The Labute approximate surface area is 269 Å². The molecule has 0 amide bonds. The normalized spacial score (nSPS) is 17.0. The summed E-state index contributed by atoms with van der Waals surface area (Å²) in [7, 11) is 0. The number of rotatable bonds is 4. The van der Waals surface area contributed by atoms with Gasteiger partial charge >= 0.3 is 0 Å². The number of fused-ring (bicyclic) bond motifs is 6. The maximum atomic E-state index is 5.24. The number of hydrogen-bond acceptors (Lipinski definition) is 3. The number of aliphatic imine (C=N–C) groups is 1. The lowest BCUT2D eigenvalue weighted by Gasteiger charge is -2.36. The van der Waals surface area contributed by atoms with E-state index in [2.05, 4.69) is 173 Å². The van der Waals surface area contributed by atoms with E-state index >= 15 is 0 Å². The van der Waals surface area contributed by atoms with Crippen molar-refractivity contribution in [2.45, 2.75) is 19.0 Å². The summed E-state index contributed by atoms with van der Waals surface area (Å²) in [6.45, 7) is 0. The van der Waals surface area contributed by atoms with Crippen molar-refractivity contribution in [2.75, 3.05) is 4.90 Å². The summed E-state index contributed by atoms with van der Waals surface area (Å²) in [5, 5.41) is 5.14. The highest BCUT2D eigenvalue weighted by molar-refractivity contribution is 6.11. The highest BCUT2D eigenvalue weighted by Crippen LogP contribution is 2.49. The number of benzene rings is 5. The van der Waals surface area contributed by atoms with E-state index in [-0.39, 0.29) is 6.17 Å². The van der Waals surface area contributed by atoms with Crippen LogP contribution >= 0.6 is 0 Å². The van der Waals surface area contributed by atoms with E-state index in [1.807, 2.05) is 0 Å². The third kappa shape index (κ3) is 4.26. The molecule has 4 nitrogen and oxygen atoms in total. The quantitative estimate of drug-likeness (QED) is 0.221. The molecule has 1 aromatic heterocycles. The van der Waals surface area contributed by atoms with Crippen LogP contribution in [-0.4, -0.2) is 10.3 Å². The van der Waals surface area contributed by atoms with E-state index in [4.69, 9.17) is 4.99 Å². The van der Waals surface area contributed by atoms with Crippen molar-refractivity contribution in [3.05, 3.63) is 186 Å². The van der Waals surface area contributed by atoms with Gasteiger partial charge in [-0.3, -0.25) is 9.89 Å². The summed E-state index contributed by atoms with van der Waals surface area (Å²) in [6, 6.07) is 49.6. The van der Waals surface area contributed by atoms with Gasteiger partial charge in [0.25, 0.3) is 0 Å². The lowest BCUT2D eigenvalue weighted by molar-refractivity contribution is 0.603. The van der Waals surface area contributed by atoms with Crippen molar-refractivity contribution in [1.29, 1.82) is 0 Å². The molecular weight excluding hydrogens is 560 g/mol. The van der Waals surface area contributed by atoms with Crippen LogP contribution in [0.1, 0.15) is 35.8 Å². The van der Waals surface area contributed by atoms with Gasteiger partial charge in [-0.05, 0) is 47.7 Å². The second kappa shape index (κ2) is 10.9. The summed E-state index contributed by atoms with van der Waals surface area (Å²) in [4.78, 5) is 7.71. The Balaban J connectivity index is 1.34. The summed E-state index contributed by atoms with van der Waals surface area (Å²) >= 11 is 0. The number of hydrogen-bond donors (Lipinski definition) is 1. The smallest absolute Gasteiger partial charge is 0.146 e. The van der Waals surface area contributed by atoms with E-state index < -0.39 is 0 Å². The molecule has 5 aromatic carbocycles. The molecule has 0 fully saturated rings. The third-order valence-electron chi connectivity index (χ3n) is 9.22. The number of nitrogens with one attached hydrogen (secondary N) is 1. The van der Waals surface area contributed by atoms with Crippen molar-refractivity contribution < 1.29 is 0 Å². The highest BCUT2D eigenvalue weighted by Gasteiger charge is 2.34. The summed E-state index contributed by atoms with van der Waals surface area (Å²) < 4.78 is 2.49. The van der Waals surface area contributed by atoms with Crippen LogP contribution in [-0.2, 0) is 0 Å². The van der Waals surface area contributed by atoms with E-state index in [1.54, 1.807) is 0 Å². The number of allylic oxidation sites excluding steroid dienone is 5. The van der Waals surface area contributed by atoms with E-state index in [9.17, 15) is 0 Å². The van der Waals surface area contributed by atoms with Crippen LogP contribution < -0.4 is 10.2 Å². The van der Waals surface area contributed by atoms with Gasteiger partial charge in [-0.25, -0.2) is 0 Å². The second-order valence-corrected chi connectivity index (χ2v) is 11.9. The topological polar surface area (TPSA) is 32.6 Å². The summed E-state index contributed by atoms with van der Waals surface area (Å²) in [5.41, 5.74) is 13.0. The molecule has 0 saturated carbocycles. The van der Waals surface area contributed by atoms with Gasteiger partial charge in [0, 0.05) is 28.3 Å². The maximum absolute atomic E-state index is 5.24. The van der Waals surface area contributed by atoms with Crippen LogP contribution in [0.5, 0.6) is 0 Å². The monoisotopic (exact) mass is 592 g/mol. The van der Waals surface area contributed by atoms with Gasteiger partial charge < -0.3 is 9.88 Å². The molecule has 0 saturated heterocycles. The Hall–Kier alpha value is -5.87. The van der Waals surface area contributed by atoms with Crippen molar-refractivity contribution in [3.63, 3.8) is 0 Å². The fourth-order valence-electron chi connectivity index (χ4n) is 7.21. The van der Waals surface area contributed by atoms with Crippen LogP contribution in [0.25, 0.3) is 33.3 Å². The Bertz CT molecular complexity index is 2220. The minimum Gasteiger partial charge on any atom is -0.346 e. The largest absolute Gasteiger partial charge is 0.346 e. The zero-order chi connectivity index (χ0) is 30.5. The zero-order valence-electron chi connectivity index (χ0n) is 25.3. The average molecular weight is 593 g/mol. The molecule has 3 heterocycles. The minimum atomic E-state index is -0.227. The molecule has 220 valence electrons. The maximum Gasteiger partial charge on any atom is 0.146 e. The van der Waals surface area contributed by atoms with Crippen molar-refractivity contribution in [2.24, 2.45) is 4.99 Å². The molecule has 1 N–H and O–H groups in total. The molecule has 3 aliphatic rings. The molecule has 0 radical (unpaired) electrons. The van der Waals surface area contributed by atoms with Gasteiger partial charge in [0.15, 0.2) is 0 Å². The van der Waals surface area contributed by atoms with Crippen molar-refractivity contribution in [3.8, 4) is 16.8 Å². The van der Waals surface area contributed by atoms with E-state index in [0.29, 0.717) is 0 Å². The van der Waals surface area contributed by atoms with Crippen LogP contribution in [0.4, 0.5) is 5.69 Å². The van der Waals surface area contributed by atoms with Gasteiger partial charge in [-0.2, -0.15) is 0 Å². The van der Waals surface area contributed by atoms with Crippen LogP contribution in [0.15, 0.2) is 174 Å². The molecular formula is C42H32N4. The van der Waals surface area contributed by atoms with Gasteiger partial charge in [0.1, 0.15) is 12.0 Å². The molecule has 9 rings (SSSR count). The fraction of sp³-hybridized carbons (Fsp3) is 0.0714. The van der Waals surface area contributed by atoms with Gasteiger partial charge in [-0.15, -0.1) is 0 Å². The predicted octanol–water partition coefficient (Wildman–Crippen LogP) is 9.81. The molecule has 0 spiro atoms. The van der Waals surface area contributed by atoms with E-state index in [0.717, 1.165) is 46.9 Å². The predicted molar refractivity (Wildman–Crippen MR) is 190 cm³/mol. The molecule has 1 aliphatic carbocycles. The van der Waals surface area contributed by atoms with Gasteiger partial charge in [0.05, 0.1) is 28.3 Å². The lowest BCUT2D eigenvalue weighted by Crippen LogP contribution is -2.37. The molecule has 1 atom stereocenters. The molecule has 6 aromatic rings. The number of nitrogens with zero attached hydrogens (tertiary/aromatic N) is 3. The Morgan fingerprint density at radius 3 is 2.09 bits per heavy atom. The van der Waals surface area contributed by atoms with E-state index in [1.165, 1.54) is 39.0 Å². The molecule has 46 heavy (non-hydrogen) atoms. The number of para-hydroxylation sites is 3. The first kappa shape index (κ1) is 26.5. The summed E-state index contributed by atoms with van der Waals surface area (Å²) in [5.74, 6) is 1.02. The number of anilines is 1. The highest BCUT2D eigenvalue weighted by atomic mass is 15.3. The molecule has 2 aliphatic heterocycles. The zero-order valence-corrected chi connectivity index (χ0v) is 25.3. The van der Waals surface area contributed by atoms with Crippen LogP contribution in [0.2, 0.25) is 0 Å². The molecule has 1 unspecified atom stereocenters. The first-order valence-electron chi connectivity index (χ1n) is 16.0. The van der Waals surface area contributed by atoms with Gasteiger partial charge in [0.2, 0.25) is 0 Å². The standard InChI is InChI=1S/C42H32N4/c1-4-16-29(17-5-1)34-28-39(44-42(43-34)31-20-8-3-9-21-31)45-36-25-13-11-23-33(36)41-40(30-18-6-2-7-19-30)32-22-10-12-24-35(32)46(41)38-27-15-14-26-37(38)45/h1-12,14-24,26-28,42,44H,13,25H2.